The van der Waals surface area contributed by atoms with Gasteiger partial charge in [0, 0.05) is 6.26 Å². The molecule has 8 heteroatoms. The smallest absolute Gasteiger partial charge is 0.271 e. The fourth-order valence-electron chi connectivity index (χ4n) is 0.954. The van der Waals surface area contributed by atoms with E-state index in [-0.39, 0.29) is 10.6 Å². The first-order chi connectivity index (χ1) is 6.68. The molecule has 3 N–H and O–H groups in total. The van der Waals surface area contributed by atoms with Gasteiger partial charge in [-0.2, -0.15) is 8.42 Å². The van der Waals surface area contributed by atoms with E-state index in [0.29, 0.717) is 0 Å². The van der Waals surface area contributed by atoms with Gasteiger partial charge in [0.05, 0.1) is 10.6 Å². The topological polar surface area (TPSA) is 106 Å². The molecule has 0 saturated heterocycles. The van der Waals surface area contributed by atoms with Gasteiger partial charge in [-0.1, -0.05) is 6.07 Å². The highest BCUT2D eigenvalue weighted by atomic mass is 32.2. The number of benzene rings is 1. The molecule has 15 heavy (non-hydrogen) atoms. The predicted octanol–water partition coefficient (Wildman–Crippen LogP) is -0.294. The monoisotopic (exact) mass is 250 g/mol. The molecule has 0 saturated carbocycles. The van der Waals surface area contributed by atoms with Crippen molar-refractivity contribution in [3.8, 4) is 0 Å². The second kappa shape index (κ2) is 3.80. The van der Waals surface area contributed by atoms with E-state index in [9.17, 15) is 16.8 Å². The summed E-state index contributed by atoms with van der Waals surface area (Å²) in [5.41, 5.74) is 0.112. The normalized spacial score (nSPS) is 12.4. The van der Waals surface area contributed by atoms with E-state index >= 15 is 0 Å². The maximum Gasteiger partial charge on any atom is 0.296 e. The minimum atomic E-state index is -3.88. The summed E-state index contributed by atoms with van der Waals surface area (Å²) in [4.78, 5) is 0.0242. The van der Waals surface area contributed by atoms with Crippen LogP contribution < -0.4 is 9.86 Å². The lowest BCUT2D eigenvalue weighted by molar-refractivity contribution is 0.599. The first-order valence-electron chi connectivity index (χ1n) is 3.79. The van der Waals surface area contributed by atoms with Crippen molar-refractivity contribution >= 4 is 25.7 Å². The quantitative estimate of drug-likeness (QED) is 0.768. The molecule has 0 amide bonds. The van der Waals surface area contributed by atoms with Crippen LogP contribution in [-0.2, 0) is 20.0 Å². The largest absolute Gasteiger partial charge is 0.296 e. The molecule has 0 unspecified atom stereocenters. The van der Waals surface area contributed by atoms with Crippen molar-refractivity contribution in [1.29, 1.82) is 0 Å². The molecule has 0 spiro atoms. The van der Waals surface area contributed by atoms with Crippen LogP contribution in [-0.4, -0.2) is 23.1 Å². The zero-order chi connectivity index (χ0) is 11.7. The Kier molecular flexibility index (Phi) is 3.03. The van der Waals surface area contributed by atoms with Crippen LogP contribution in [0.1, 0.15) is 0 Å². The van der Waals surface area contributed by atoms with Gasteiger partial charge in [0.1, 0.15) is 0 Å². The SMILES string of the molecule is CS(=O)(=O)c1cccc(NS(N)(=O)=O)c1. The number of hydrogen-bond donors (Lipinski definition) is 2. The van der Waals surface area contributed by atoms with Crippen molar-refractivity contribution in [3.63, 3.8) is 0 Å². The van der Waals surface area contributed by atoms with Gasteiger partial charge in [-0.3, -0.25) is 4.72 Å². The highest BCUT2D eigenvalue weighted by Crippen LogP contribution is 2.15. The van der Waals surface area contributed by atoms with Crippen molar-refractivity contribution in [3.05, 3.63) is 24.3 Å². The van der Waals surface area contributed by atoms with Crippen molar-refractivity contribution < 1.29 is 16.8 Å². The molecule has 0 aliphatic carbocycles. The van der Waals surface area contributed by atoms with Crippen LogP contribution >= 0.6 is 0 Å². The molecule has 0 heterocycles. The molecule has 1 aromatic carbocycles. The maximum absolute atomic E-state index is 11.1. The number of nitrogens with one attached hydrogen (secondary N) is 1. The van der Waals surface area contributed by atoms with Crippen LogP contribution in [0.4, 0.5) is 5.69 Å². The van der Waals surface area contributed by atoms with Gasteiger partial charge in [0.25, 0.3) is 10.2 Å². The molecule has 1 aromatic rings. The van der Waals surface area contributed by atoms with Gasteiger partial charge in [-0.15, -0.1) is 0 Å². The third-order valence-electron chi connectivity index (χ3n) is 1.52. The van der Waals surface area contributed by atoms with Crippen molar-refractivity contribution in [2.45, 2.75) is 4.90 Å². The van der Waals surface area contributed by atoms with E-state index in [2.05, 4.69) is 0 Å². The lowest BCUT2D eigenvalue weighted by Gasteiger charge is -2.04. The van der Waals surface area contributed by atoms with Crippen LogP contribution in [0.5, 0.6) is 0 Å². The summed E-state index contributed by atoms with van der Waals surface area (Å²) < 4.78 is 45.6. The summed E-state index contributed by atoms with van der Waals surface area (Å²) in [6, 6.07) is 5.38. The predicted molar refractivity (Wildman–Crippen MR) is 56.3 cm³/mol. The Morgan fingerprint density at radius 2 is 1.80 bits per heavy atom. The molecule has 1 rings (SSSR count). The Morgan fingerprint density at radius 3 is 2.27 bits per heavy atom. The Bertz CT molecular complexity index is 562. The molecule has 84 valence electrons. The zero-order valence-corrected chi connectivity index (χ0v) is 9.47. The van der Waals surface area contributed by atoms with Crippen LogP contribution in [0.3, 0.4) is 0 Å². The summed E-state index contributed by atoms with van der Waals surface area (Å²) in [6.45, 7) is 0. The van der Waals surface area contributed by atoms with Crippen molar-refractivity contribution in [2.24, 2.45) is 5.14 Å². The van der Waals surface area contributed by atoms with E-state index in [0.717, 1.165) is 6.26 Å². The highest BCUT2D eigenvalue weighted by Gasteiger charge is 2.09. The fourth-order valence-corrected chi connectivity index (χ4v) is 2.08. The molecule has 0 radical (unpaired) electrons. The molecule has 0 aromatic heterocycles. The standard InChI is InChI=1S/C7H10N2O4S2/c1-14(10,11)7-4-2-3-6(5-7)9-15(8,12)13/h2-5,9H,1H3,(H2,8,12,13). The van der Waals surface area contributed by atoms with E-state index < -0.39 is 20.0 Å². The average Bonchev–Trinajstić information content (AvgIpc) is 1.99. The van der Waals surface area contributed by atoms with Crippen molar-refractivity contribution in [2.75, 3.05) is 11.0 Å². The molecular formula is C7H10N2O4S2. The van der Waals surface area contributed by atoms with Gasteiger partial charge in [-0.25, -0.2) is 13.6 Å². The van der Waals surface area contributed by atoms with E-state index in [1.165, 1.54) is 24.3 Å². The number of anilines is 1. The number of rotatable bonds is 3. The van der Waals surface area contributed by atoms with Gasteiger partial charge < -0.3 is 0 Å². The van der Waals surface area contributed by atoms with E-state index in [4.69, 9.17) is 5.14 Å². The molecule has 0 bridgehead atoms. The first-order valence-corrected chi connectivity index (χ1v) is 7.23. The third kappa shape index (κ3) is 3.86. The second-order valence-electron chi connectivity index (χ2n) is 2.95. The number of nitrogens with two attached hydrogens (primary N) is 1. The summed E-state index contributed by atoms with van der Waals surface area (Å²) in [5, 5.41) is 4.74. The number of hydrogen-bond acceptors (Lipinski definition) is 4. The number of sulfone groups is 1. The summed E-state index contributed by atoms with van der Waals surface area (Å²) in [7, 11) is -7.24. The van der Waals surface area contributed by atoms with Crippen molar-refractivity contribution in [1.82, 2.24) is 0 Å². The molecular weight excluding hydrogens is 240 g/mol. The molecule has 0 aliphatic rings. The third-order valence-corrected chi connectivity index (χ3v) is 3.15. The zero-order valence-electron chi connectivity index (χ0n) is 7.84. The highest BCUT2D eigenvalue weighted by molar-refractivity contribution is 7.91. The minimum Gasteiger partial charge on any atom is -0.271 e. The van der Waals surface area contributed by atoms with Crippen LogP contribution in [0, 0.1) is 0 Å². The Labute approximate surface area is 88.2 Å². The fraction of sp³-hybridized carbons (Fsp3) is 0.143. The van der Waals surface area contributed by atoms with Gasteiger partial charge in [0.15, 0.2) is 9.84 Å². The van der Waals surface area contributed by atoms with Gasteiger partial charge in [0.2, 0.25) is 0 Å². The molecule has 6 nitrogen and oxygen atoms in total. The maximum atomic E-state index is 11.1. The Hall–Kier alpha value is -1.12. The minimum absolute atomic E-state index is 0.0242. The van der Waals surface area contributed by atoms with E-state index in [1.807, 2.05) is 4.72 Å². The molecule has 0 fully saturated rings. The van der Waals surface area contributed by atoms with Crippen LogP contribution in [0.25, 0.3) is 0 Å². The summed E-state index contributed by atoms with van der Waals surface area (Å²) in [6.07, 6.45) is 1.03. The summed E-state index contributed by atoms with van der Waals surface area (Å²) in [5.74, 6) is 0. The van der Waals surface area contributed by atoms with Gasteiger partial charge in [-0.05, 0) is 18.2 Å². The first kappa shape index (κ1) is 12.0. The molecule has 0 atom stereocenters. The average molecular weight is 250 g/mol. The summed E-state index contributed by atoms with van der Waals surface area (Å²) >= 11 is 0. The van der Waals surface area contributed by atoms with E-state index in [1.54, 1.807) is 0 Å². The lowest BCUT2D eigenvalue weighted by Crippen LogP contribution is -2.21. The Balaban J connectivity index is 3.15. The van der Waals surface area contributed by atoms with Crippen LogP contribution in [0.15, 0.2) is 29.2 Å². The lowest BCUT2D eigenvalue weighted by atomic mass is 10.3. The van der Waals surface area contributed by atoms with Crippen LogP contribution in [0.2, 0.25) is 0 Å². The Morgan fingerprint density at radius 1 is 1.20 bits per heavy atom. The van der Waals surface area contributed by atoms with Gasteiger partial charge >= 0.3 is 0 Å². The molecule has 0 aliphatic heterocycles. The second-order valence-corrected chi connectivity index (χ2v) is 6.26.